The van der Waals surface area contributed by atoms with E-state index in [1.807, 2.05) is 0 Å². The molecule has 3 heteroatoms. The Labute approximate surface area is 85.7 Å². The van der Waals surface area contributed by atoms with Crippen molar-refractivity contribution in [2.45, 2.75) is 52.0 Å². The molecule has 14 heavy (non-hydrogen) atoms. The van der Waals surface area contributed by atoms with E-state index in [4.69, 9.17) is 10.8 Å². The van der Waals surface area contributed by atoms with Crippen molar-refractivity contribution >= 4 is 5.97 Å². The van der Waals surface area contributed by atoms with Crippen LogP contribution in [0.3, 0.4) is 0 Å². The van der Waals surface area contributed by atoms with Crippen molar-refractivity contribution in [1.29, 1.82) is 0 Å². The molecule has 0 amide bonds. The van der Waals surface area contributed by atoms with Crippen molar-refractivity contribution in [2.24, 2.45) is 17.1 Å². The van der Waals surface area contributed by atoms with E-state index in [1.54, 1.807) is 0 Å². The summed E-state index contributed by atoms with van der Waals surface area (Å²) in [6.07, 6.45) is 4.63. The smallest absolute Gasteiger partial charge is 0.304 e. The van der Waals surface area contributed by atoms with E-state index < -0.39 is 5.97 Å². The van der Waals surface area contributed by atoms with Crippen molar-refractivity contribution < 1.29 is 9.90 Å². The van der Waals surface area contributed by atoms with E-state index in [9.17, 15) is 4.79 Å². The summed E-state index contributed by atoms with van der Waals surface area (Å²) in [7, 11) is 0. The molecule has 3 N–H and O–H groups in total. The van der Waals surface area contributed by atoms with Crippen molar-refractivity contribution in [3.05, 3.63) is 0 Å². The Kier molecular flexibility index (Phi) is 3.53. The molecule has 0 spiro atoms. The first-order chi connectivity index (χ1) is 6.41. The number of carboxylic acids is 1. The van der Waals surface area contributed by atoms with E-state index in [1.165, 1.54) is 12.8 Å². The van der Waals surface area contributed by atoms with Gasteiger partial charge in [0.1, 0.15) is 0 Å². The summed E-state index contributed by atoms with van der Waals surface area (Å²) in [6, 6.07) is -0.149. The van der Waals surface area contributed by atoms with Gasteiger partial charge in [-0.15, -0.1) is 0 Å². The highest BCUT2D eigenvalue weighted by molar-refractivity contribution is 5.67. The Morgan fingerprint density at radius 2 is 2.00 bits per heavy atom. The second kappa shape index (κ2) is 4.30. The highest BCUT2D eigenvalue weighted by Crippen LogP contribution is 2.39. The van der Waals surface area contributed by atoms with Crippen molar-refractivity contribution in [1.82, 2.24) is 0 Å². The Hall–Kier alpha value is -0.570. The van der Waals surface area contributed by atoms with Crippen LogP contribution in [-0.4, -0.2) is 17.1 Å². The van der Waals surface area contributed by atoms with Crippen molar-refractivity contribution in [3.63, 3.8) is 0 Å². The third-order valence-electron chi connectivity index (χ3n) is 3.40. The molecule has 82 valence electrons. The van der Waals surface area contributed by atoms with Gasteiger partial charge in [0.15, 0.2) is 0 Å². The van der Waals surface area contributed by atoms with E-state index >= 15 is 0 Å². The zero-order valence-corrected chi connectivity index (χ0v) is 9.12. The summed E-state index contributed by atoms with van der Waals surface area (Å²) in [6.45, 7) is 4.54. The normalized spacial score (nSPS) is 24.5. The third-order valence-corrected chi connectivity index (χ3v) is 3.40. The average molecular weight is 199 g/mol. The molecule has 1 aliphatic carbocycles. The summed E-state index contributed by atoms with van der Waals surface area (Å²) in [4.78, 5) is 10.5. The molecule has 1 aliphatic rings. The van der Waals surface area contributed by atoms with E-state index in [0.717, 1.165) is 12.8 Å². The maximum Gasteiger partial charge on any atom is 0.304 e. The van der Waals surface area contributed by atoms with Crippen LogP contribution in [0.1, 0.15) is 46.0 Å². The molecular weight excluding hydrogens is 178 g/mol. The summed E-state index contributed by atoms with van der Waals surface area (Å²) in [5, 5.41) is 8.64. The monoisotopic (exact) mass is 199 g/mol. The van der Waals surface area contributed by atoms with Gasteiger partial charge in [-0.1, -0.05) is 13.8 Å². The van der Waals surface area contributed by atoms with Crippen LogP contribution < -0.4 is 5.73 Å². The molecule has 1 rings (SSSR count). The second-order valence-electron chi connectivity index (χ2n) is 5.26. The molecule has 0 saturated heterocycles. The highest BCUT2D eigenvalue weighted by Gasteiger charge is 2.30. The molecule has 0 aromatic rings. The molecule has 1 saturated carbocycles. The maximum atomic E-state index is 10.5. The van der Waals surface area contributed by atoms with Gasteiger partial charge in [0.2, 0.25) is 0 Å². The van der Waals surface area contributed by atoms with Crippen molar-refractivity contribution in [3.8, 4) is 0 Å². The van der Waals surface area contributed by atoms with E-state index in [-0.39, 0.29) is 12.5 Å². The van der Waals surface area contributed by atoms with Crippen LogP contribution in [0.25, 0.3) is 0 Å². The fourth-order valence-corrected chi connectivity index (χ4v) is 2.22. The van der Waals surface area contributed by atoms with Gasteiger partial charge in [-0.25, -0.2) is 0 Å². The summed E-state index contributed by atoms with van der Waals surface area (Å²) in [5.41, 5.74) is 6.29. The minimum atomic E-state index is -0.776. The summed E-state index contributed by atoms with van der Waals surface area (Å²) in [5.74, 6) is -0.360. The minimum Gasteiger partial charge on any atom is -0.481 e. The molecule has 0 aromatic carbocycles. The molecule has 0 radical (unpaired) electrons. The van der Waals surface area contributed by atoms with Crippen LogP contribution in [0.2, 0.25) is 0 Å². The van der Waals surface area contributed by atoms with Gasteiger partial charge >= 0.3 is 5.97 Å². The van der Waals surface area contributed by atoms with E-state index in [0.29, 0.717) is 11.3 Å². The van der Waals surface area contributed by atoms with Crippen LogP contribution >= 0.6 is 0 Å². The Bertz CT molecular complexity index is 203. The molecule has 0 aliphatic heterocycles. The number of rotatable bonds is 3. The molecule has 1 atom stereocenters. The zero-order chi connectivity index (χ0) is 10.8. The molecular formula is C11H21NO2. The average Bonchev–Trinajstić information content (AvgIpc) is 2.02. The molecule has 0 heterocycles. The fraction of sp³-hybridized carbons (Fsp3) is 0.909. The SMILES string of the molecule is CC1(C)CCC([C@H](N)CC(=O)O)CC1. The lowest BCUT2D eigenvalue weighted by molar-refractivity contribution is -0.137. The molecule has 0 bridgehead atoms. The van der Waals surface area contributed by atoms with Crippen LogP contribution in [0.15, 0.2) is 0 Å². The molecule has 1 fully saturated rings. The number of aliphatic carboxylic acids is 1. The van der Waals surface area contributed by atoms with Crippen molar-refractivity contribution in [2.75, 3.05) is 0 Å². The Balaban J connectivity index is 2.37. The number of hydrogen-bond acceptors (Lipinski definition) is 2. The quantitative estimate of drug-likeness (QED) is 0.730. The standard InChI is InChI=1S/C11H21NO2/c1-11(2)5-3-8(4-6-11)9(12)7-10(13)14/h8-9H,3-7,12H2,1-2H3,(H,13,14)/t9-/m1/s1. The topological polar surface area (TPSA) is 63.3 Å². The predicted octanol–water partition coefficient (Wildman–Crippen LogP) is 2.00. The molecule has 0 aromatic heterocycles. The number of nitrogens with two attached hydrogens (primary N) is 1. The fourth-order valence-electron chi connectivity index (χ4n) is 2.22. The van der Waals surface area contributed by atoms with E-state index in [2.05, 4.69) is 13.8 Å². The number of carboxylic acid groups (broad SMARTS) is 1. The predicted molar refractivity (Wildman–Crippen MR) is 56.0 cm³/mol. The Morgan fingerprint density at radius 3 is 2.43 bits per heavy atom. The summed E-state index contributed by atoms with van der Waals surface area (Å²) >= 11 is 0. The minimum absolute atomic E-state index is 0.116. The Morgan fingerprint density at radius 1 is 1.50 bits per heavy atom. The van der Waals surface area contributed by atoms with Gasteiger partial charge < -0.3 is 10.8 Å². The van der Waals surface area contributed by atoms with Gasteiger partial charge in [0.25, 0.3) is 0 Å². The first-order valence-electron chi connectivity index (χ1n) is 5.38. The maximum absolute atomic E-state index is 10.5. The highest BCUT2D eigenvalue weighted by atomic mass is 16.4. The van der Waals surface area contributed by atoms with Crippen LogP contribution in [0.5, 0.6) is 0 Å². The lowest BCUT2D eigenvalue weighted by atomic mass is 9.71. The zero-order valence-electron chi connectivity index (χ0n) is 9.12. The lowest BCUT2D eigenvalue weighted by Crippen LogP contribution is -2.36. The summed E-state index contributed by atoms with van der Waals surface area (Å²) < 4.78 is 0. The first kappa shape index (κ1) is 11.5. The van der Waals surface area contributed by atoms with Gasteiger partial charge in [0.05, 0.1) is 6.42 Å². The third kappa shape index (κ3) is 3.29. The number of carbonyl (C=O) groups is 1. The van der Waals surface area contributed by atoms with Crippen LogP contribution in [0, 0.1) is 11.3 Å². The van der Waals surface area contributed by atoms with Gasteiger partial charge in [-0.05, 0) is 37.0 Å². The van der Waals surface area contributed by atoms with Gasteiger partial charge in [-0.2, -0.15) is 0 Å². The van der Waals surface area contributed by atoms with Crippen LogP contribution in [-0.2, 0) is 4.79 Å². The van der Waals surface area contributed by atoms with Crippen LogP contribution in [0.4, 0.5) is 0 Å². The second-order valence-corrected chi connectivity index (χ2v) is 5.26. The lowest BCUT2D eigenvalue weighted by Gasteiger charge is -2.36. The number of hydrogen-bond donors (Lipinski definition) is 2. The molecule has 0 unspecified atom stereocenters. The van der Waals surface area contributed by atoms with Gasteiger partial charge in [-0.3, -0.25) is 4.79 Å². The largest absolute Gasteiger partial charge is 0.481 e. The first-order valence-corrected chi connectivity index (χ1v) is 5.38. The van der Waals surface area contributed by atoms with Gasteiger partial charge in [0, 0.05) is 6.04 Å². The molecule has 3 nitrogen and oxygen atoms in total.